The van der Waals surface area contributed by atoms with Gasteiger partial charge in [0.1, 0.15) is 12.1 Å². The Labute approximate surface area is 164 Å². The fourth-order valence-electron chi connectivity index (χ4n) is 3.03. The molecule has 0 saturated carbocycles. The zero-order chi connectivity index (χ0) is 20.3. The second-order valence-electron chi connectivity index (χ2n) is 6.48. The summed E-state index contributed by atoms with van der Waals surface area (Å²) in [6.07, 6.45) is 1.02. The van der Waals surface area contributed by atoms with Crippen LogP contribution in [0, 0.1) is 0 Å². The lowest BCUT2D eigenvalue weighted by Gasteiger charge is -2.22. The molecular weight excluding hydrogens is 384 g/mol. The van der Waals surface area contributed by atoms with Crippen molar-refractivity contribution < 1.29 is 24.3 Å². The maximum absolute atomic E-state index is 12.3. The van der Waals surface area contributed by atoms with Crippen LogP contribution < -0.4 is 10.6 Å². The average molecular weight is 404 g/mol. The normalized spacial score (nSPS) is 17.3. The molecule has 3 N–H and O–H groups in total. The summed E-state index contributed by atoms with van der Waals surface area (Å²) in [6, 6.07) is 5.61. The summed E-state index contributed by atoms with van der Waals surface area (Å²) in [6.45, 7) is 1.54. The van der Waals surface area contributed by atoms with E-state index in [1.54, 1.807) is 6.07 Å². The van der Waals surface area contributed by atoms with Gasteiger partial charge in [-0.3, -0.25) is 14.4 Å². The molecule has 3 rings (SSSR count). The Morgan fingerprint density at radius 2 is 2.07 bits per heavy atom. The Kier molecular flexibility index (Phi) is 5.88. The zero-order valence-electron chi connectivity index (χ0n) is 15.2. The van der Waals surface area contributed by atoms with E-state index in [2.05, 4.69) is 15.6 Å². The van der Waals surface area contributed by atoms with Crippen LogP contribution in [0.1, 0.15) is 29.6 Å². The van der Waals surface area contributed by atoms with Crippen molar-refractivity contribution in [2.24, 2.45) is 0 Å². The fraction of sp³-hybridized carbons (Fsp3) is 0.389. The number of carbonyl (C=O) groups excluding carboxylic acids is 3. The van der Waals surface area contributed by atoms with Gasteiger partial charge in [0, 0.05) is 6.54 Å². The van der Waals surface area contributed by atoms with Crippen molar-refractivity contribution in [2.45, 2.75) is 31.8 Å². The Balaban J connectivity index is 1.52. The lowest BCUT2D eigenvalue weighted by atomic mass is 10.2. The van der Waals surface area contributed by atoms with Gasteiger partial charge < -0.3 is 20.6 Å². The molecule has 2 atom stereocenters. The molecule has 1 aromatic heterocycles. The van der Waals surface area contributed by atoms with E-state index >= 15 is 0 Å². The Morgan fingerprint density at radius 1 is 1.32 bits per heavy atom. The number of carboxylic acids is 1. The Hall–Kier alpha value is -3.01. The second-order valence-corrected chi connectivity index (χ2v) is 7.51. The molecule has 0 unspecified atom stereocenters. The number of nitrogens with zero attached hydrogens (tertiary/aromatic N) is 2. The molecule has 28 heavy (non-hydrogen) atoms. The topological polar surface area (TPSA) is 129 Å². The summed E-state index contributed by atoms with van der Waals surface area (Å²) in [5.41, 5.74) is 0.707. The van der Waals surface area contributed by atoms with Gasteiger partial charge in [-0.1, -0.05) is 12.1 Å². The first-order chi connectivity index (χ1) is 13.4. The fourth-order valence-corrected chi connectivity index (χ4v) is 3.90. The smallest absolute Gasteiger partial charge is 0.326 e. The predicted molar refractivity (Wildman–Crippen MR) is 102 cm³/mol. The molecule has 2 heterocycles. The molecule has 0 bridgehead atoms. The van der Waals surface area contributed by atoms with E-state index in [-0.39, 0.29) is 11.6 Å². The van der Waals surface area contributed by atoms with E-state index in [1.165, 1.54) is 23.2 Å². The van der Waals surface area contributed by atoms with E-state index in [1.807, 2.05) is 18.2 Å². The number of likely N-dealkylation sites (tertiary alicyclic amines) is 1. The van der Waals surface area contributed by atoms with Gasteiger partial charge in [0.05, 0.1) is 16.8 Å². The van der Waals surface area contributed by atoms with E-state index in [9.17, 15) is 19.2 Å². The lowest BCUT2D eigenvalue weighted by molar-refractivity contribution is -0.148. The van der Waals surface area contributed by atoms with Crippen LogP contribution in [-0.4, -0.2) is 63.9 Å². The van der Waals surface area contributed by atoms with Gasteiger partial charge in [0.2, 0.25) is 11.8 Å². The molecule has 0 spiro atoms. The molecule has 10 heteroatoms. The van der Waals surface area contributed by atoms with E-state index in [4.69, 9.17) is 5.11 Å². The molecule has 0 radical (unpaired) electrons. The van der Waals surface area contributed by atoms with Crippen molar-refractivity contribution >= 4 is 45.2 Å². The van der Waals surface area contributed by atoms with Gasteiger partial charge in [-0.05, 0) is 31.9 Å². The minimum absolute atomic E-state index is 0.248. The number of benzene rings is 1. The highest BCUT2D eigenvalue weighted by molar-refractivity contribution is 7.20. The van der Waals surface area contributed by atoms with Gasteiger partial charge in [0.15, 0.2) is 5.01 Å². The Morgan fingerprint density at radius 3 is 2.79 bits per heavy atom. The van der Waals surface area contributed by atoms with Crippen LogP contribution in [0.5, 0.6) is 0 Å². The SMILES string of the molecule is C[C@H](NC(=O)c1nc2ccccc2s1)C(=O)NCC(=O)N1CCC[C@H]1C(=O)O. The van der Waals surface area contributed by atoms with Crippen LogP contribution in [0.15, 0.2) is 24.3 Å². The van der Waals surface area contributed by atoms with E-state index in [0.717, 1.165) is 4.70 Å². The summed E-state index contributed by atoms with van der Waals surface area (Å²) in [4.78, 5) is 53.3. The molecule has 1 aliphatic heterocycles. The van der Waals surface area contributed by atoms with Crippen LogP contribution in [0.2, 0.25) is 0 Å². The number of amides is 3. The molecule has 1 fully saturated rings. The van der Waals surface area contributed by atoms with Crippen LogP contribution in [0.25, 0.3) is 10.2 Å². The average Bonchev–Trinajstić information content (AvgIpc) is 3.32. The largest absolute Gasteiger partial charge is 0.480 e. The van der Waals surface area contributed by atoms with Crippen LogP contribution in [0.4, 0.5) is 0 Å². The summed E-state index contributed by atoms with van der Waals surface area (Å²) in [7, 11) is 0. The van der Waals surface area contributed by atoms with Gasteiger partial charge in [-0.15, -0.1) is 11.3 Å². The predicted octanol–water partition coefficient (Wildman–Crippen LogP) is 0.606. The third-order valence-electron chi connectivity index (χ3n) is 4.50. The van der Waals surface area contributed by atoms with Crippen molar-refractivity contribution in [3.05, 3.63) is 29.3 Å². The Bertz CT molecular complexity index is 895. The summed E-state index contributed by atoms with van der Waals surface area (Å²) >= 11 is 1.23. The van der Waals surface area contributed by atoms with E-state index in [0.29, 0.717) is 24.9 Å². The monoisotopic (exact) mass is 404 g/mol. The summed E-state index contributed by atoms with van der Waals surface area (Å²) in [5, 5.41) is 14.4. The number of fused-ring (bicyclic) bond motifs is 1. The first kappa shape index (κ1) is 19.7. The summed E-state index contributed by atoms with van der Waals surface area (Å²) < 4.78 is 0.869. The highest BCUT2D eigenvalue weighted by Crippen LogP contribution is 2.21. The maximum Gasteiger partial charge on any atom is 0.326 e. The van der Waals surface area contributed by atoms with Crippen molar-refractivity contribution in [1.82, 2.24) is 20.5 Å². The van der Waals surface area contributed by atoms with Gasteiger partial charge in [0.25, 0.3) is 5.91 Å². The quantitative estimate of drug-likeness (QED) is 0.647. The van der Waals surface area contributed by atoms with Crippen LogP contribution in [0.3, 0.4) is 0 Å². The number of aliphatic carboxylic acids is 1. The van der Waals surface area contributed by atoms with Crippen molar-refractivity contribution in [3.8, 4) is 0 Å². The lowest BCUT2D eigenvalue weighted by Crippen LogP contribution is -2.49. The first-order valence-corrected chi connectivity index (χ1v) is 9.65. The molecule has 2 aromatic rings. The first-order valence-electron chi connectivity index (χ1n) is 8.83. The van der Waals surface area contributed by atoms with Gasteiger partial charge in [-0.2, -0.15) is 0 Å². The minimum atomic E-state index is -1.05. The third kappa shape index (κ3) is 4.28. The molecule has 9 nitrogen and oxygen atoms in total. The molecule has 1 saturated heterocycles. The number of nitrogens with one attached hydrogen (secondary N) is 2. The maximum atomic E-state index is 12.3. The zero-order valence-corrected chi connectivity index (χ0v) is 16.0. The van der Waals surface area contributed by atoms with Crippen LogP contribution >= 0.6 is 11.3 Å². The second kappa shape index (κ2) is 8.34. The number of aromatic nitrogens is 1. The number of rotatable bonds is 6. The molecule has 0 aliphatic carbocycles. The number of hydrogen-bond acceptors (Lipinski definition) is 6. The highest BCUT2D eigenvalue weighted by Gasteiger charge is 2.34. The van der Waals surface area contributed by atoms with Gasteiger partial charge in [-0.25, -0.2) is 9.78 Å². The summed E-state index contributed by atoms with van der Waals surface area (Å²) in [5.74, 6) is -2.51. The van der Waals surface area contributed by atoms with Gasteiger partial charge >= 0.3 is 5.97 Å². The third-order valence-corrected chi connectivity index (χ3v) is 5.54. The number of carbonyl (C=O) groups is 4. The standard InChI is InChI=1S/C18H20N4O5S/c1-10(20-16(25)17-21-11-5-2-3-7-13(11)28-17)15(24)19-9-14(23)22-8-4-6-12(22)18(26)27/h2-3,5,7,10,12H,4,6,8-9H2,1H3,(H,19,24)(H,20,25)(H,26,27)/t10-,12-/m0/s1. The molecule has 1 aliphatic rings. The molecule has 1 aromatic carbocycles. The molecule has 3 amide bonds. The molecule has 148 valence electrons. The number of thiazole rings is 1. The van der Waals surface area contributed by atoms with E-state index < -0.39 is 35.8 Å². The number of para-hydroxylation sites is 1. The van der Waals surface area contributed by atoms with Crippen molar-refractivity contribution in [1.29, 1.82) is 0 Å². The highest BCUT2D eigenvalue weighted by atomic mass is 32.1. The van der Waals surface area contributed by atoms with Crippen molar-refractivity contribution in [3.63, 3.8) is 0 Å². The molecular formula is C18H20N4O5S. The number of carboxylic acid groups (broad SMARTS) is 1. The number of hydrogen-bond donors (Lipinski definition) is 3. The minimum Gasteiger partial charge on any atom is -0.480 e. The van der Waals surface area contributed by atoms with Crippen LogP contribution in [-0.2, 0) is 14.4 Å². The van der Waals surface area contributed by atoms with Crippen molar-refractivity contribution in [2.75, 3.05) is 13.1 Å².